The van der Waals surface area contributed by atoms with Gasteiger partial charge in [-0.05, 0) is 53.0 Å². The zero-order chi connectivity index (χ0) is 20.5. The molecule has 0 aliphatic rings. The molecule has 0 radical (unpaired) electrons. The van der Waals surface area contributed by atoms with Crippen LogP contribution in [0.1, 0.15) is 61.3 Å². The Morgan fingerprint density at radius 2 is 1.81 bits per heavy atom. The van der Waals surface area contributed by atoms with Crippen LogP contribution in [-0.4, -0.2) is 41.5 Å². The molecule has 26 heavy (non-hydrogen) atoms. The molecule has 2 N–H and O–H groups in total. The maximum Gasteiger partial charge on any atom is 0.407 e. The van der Waals surface area contributed by atoms with E-state index < -0.39 is 41.6 Å². The number of amides is 1. The van der Waals surface area contributed by atoms with Gasteiger partial charge in [-0.1, -0.05) is 13.8 Å². The van der Waals surface area contributed by atoms with Gasteiger partial charge in [-0.3, -0.25) is 4.79 Å². The molecule has 0 fully saturated rings. The van der Waals surface area contributed by atoms with Gasteiger partial charge >= 0.3 is 12.1 Å². The molecule has 0 aliphatic heterocycles. The molecule has 3 atom stereocenters. The first kappa shape index (κ1) is 24.4. The lowest BCUT2D eigenvalue weighted by Gasteiger charge is -2.27. The minimum Gasteiger partial charge on any atom is -0.466 e. The van der Waals surface area contributed by atoms with Crippen LogP contribution in [0, 0.1) is 11.8 Å². The molecule has 1 amide bonds. The van der Waals surface area contributed by atoms with Crippen LogP contribution in [-0.2, 0) is 14.3 Å². The predicted octanol–water partition coefficient (Wildman–Crippen LogP) is 3.73. The van der Waals surface area contributed by atoms with Gasteiger partial charge in [0.15, 0.2) is 0 Å². The van der Waals surface area contributed by atoms with Crippen LogP contribution in [0.3, 0.4) is 0 Å². The Morgan fingerprint density at radius 3 is 2.27 bits per heavy atom. The van der Waals surface area contributed by atoms with Crippen molar-refractivity contribution in [3.8, 4) is 0 Å². The van der Waals surface area contributed by atoms with Crippen molar-refractivity contribution in [1.29, 1.82) is 0 Å². The van der Waals surface area contributed by atoms with E-state index in [0.29, 0.717) is 6.42 Å². The van der Waals surface area contributed by atoms with Crippen LogP contribution >= 0.6 is 0 Å². The maximum atomic E-state index is 14.2. The Kier molecular flexibility index (Phi) is 10.5. The lowest BCUT2D eigenvalue weighted by atomic mass is 9.96. The maximum absolute atomic E-state index is 14.2. The molecule has 152 valence electrons. The number of halogens is 1. The average molecular weight is 375 g/mol. The van der Waals surface area contributed by atoms with E-state index in [-0.39, 0.29) is 18.9 Å². The second-order valence-corrected chi connectivity index (χ2v) is 7.81. The summed E-state index contributed by atoms with van der Waals surface area (Å²) in [4.78, 5) is 23.5. The number of nitrogens with one attached hydrogen (secondary N) is 1. The van der Waals surface area contributed by atoms with Gasteiger partial charge in [0.25, 0.3) is 0 Å². The van der Waals surface area contributed by atoms with Crippen LogP contribution in [0.5, 0.6) is 0 Å². The quantitative estimate of drug-likeness (QED) is 0.600. The summed E-state index contributed by atoms with van der Waals surface area (Å²) in [6.45, 7) is 12.5. The van der Waals surface area contributed by atoms with Gasteiger partial charge in [0.2, 0.25) is 0 Å². The fraction of sp³-hybridized carbons (Fsp3) is 0.789. The molecule has 0 unspecified atom stereocenters. The number of aliphatic hydroxyl groups is 1. The van der Waals surface area contributed by atoms with Gasteiger partial charge in [-0.25, -0.2) is 9.18 Å². The smallest absolute Gasteiger partial charge is 0.407 e. The topological polar surface area (TPSA) is 84.9 Å². The largest absolute Gasteiger partial charge is 0.466 e. The minimum absolute atomic E-state index is 0.176. The van der Waals surface area contributed by atoms with Crippen molar-refractivity contribution in [3.05, 3.63) is 11.9 Å². The molecular weight excluding hydrogens is 341 g/mol. The van der Waals surface area contributed by atoms with Crippen LogP contribution in [0.15, 0.2) is 11.9 Å². The number of carbonyl (C=O) groups is 2. The number of hydrogen-bond acceptors (Lipinski definition) is 5. The Bertz CT molecular complexity index is 485. The summed E-state index contributed by atoms with van der Waals surface area (Å²) in [5.41, 5.74) is -0.669. The second kappa shape index (κ2) is 11.2. The molecule has 0 aromatic heterocycles. The minimum atomic E-state index is -1.14. The molecule has 0 heterocycles. The lowest BCUT2D eigenvalue weighted by Crippen LogP contribution is -2.46. The molecule has 0 spiro atoms. The monoisotopic (exact) mass is 375 g/mol. The summed E-state index contributed by atoms with van der Waals surface area (Å²) < 4.78 is 24.2. The summed E-state index contributed by atoms with van der Waals surface area (Å²) in [7, 11) is 0. The van der Waals surface area contributed by atoms with E-state index in [1.54, 1.807) is 27.7 Å². The van der Waals surface area contributed by atoms with Crippen LogP contribution in [0.2, 0.25) is 0 Å². The van der Waals surface area contributed by atoms with Gasteiger partial charge in [-0.15, -0.1) is 0 Å². The van der Waals surface area contributed by atoms with Gasteiger partial charge in [0, 0.05) is 6.42 Å². The Hall–Kier alpha value is -1.63. The van der Waals surface area contributed by atoms with E-state index in [1.165, 1.54) is 6.92 Å². The molecule has 0 rings (SSSR count). The van der Waals surface area contributed by atoms with Crippen molar-refractivity contribution in [3.63, 3.8) is 0 Å². The number of hydrogen-bond donors (Lipinski definition) is 2. The van der Waals surface area contributed by atoms with Crippen molar-refractivity contribution in [2.45, 2.75) is 79.1 Å². The molecule has 0 aromatic carbocycles. The summed E-state index contributed by atoms with van der Waals surface area (Å²) in [5.74, 6) is -1.72. The molecule has 0 saturated heterocycles. The standard InChI is InChI=1S/C19H34FNO5/c1-8-25-17(23)13(4)10-14(20)11-16(22)15(9-12(2)3)21-18(24)26-19(5,6)7/h10,12-13,15-16,22H,8-9,11H2,1-7H3,(H,21,24)/b14-10-/t13-,15-,16-/m0/s1. The molecule has 0 aliphatic carbocycles. The van der Waals surface area contributed by atoms with Crippen LogP contribution < -0.4 is 5.32 Å². The van der Waals surface area contributed by atoms with Gasteiger partial charge in [0.1, 0.15) is 5.60 Å². The molecule has 6 nitrogen and oxygen atoms in total. The summed E-state index contributed by atoms with van der Waals surface area (Å²) in [6.07, 6.45) is -0.527. The van der Waals surface area contributed by atoms with Crippen molar-refractivity contribution >= 4 is 12.1 Å². The SMILES string of the molecule is CCOC(=O)[C@@H](C)/C=C(\F)C[C@H](O)[C@H](CC(C)C)NC(=O)OC(C)(C)C. The highest BCUT2D eigenvalue weighted by atomic mass is 19.1. The number of ether oxygens (including phenoxy) is 2. The number of esters is 1. The summed E-state index contributed by atoms with van der Waals surface area (Å²) >= 11 is 0. The first-order valence-corrected chi connectivity index (χ1v) is 9.06. The van der Waals surface area contributed by atoms with E-state index in [4.69, 9.17) is 9.47 Å². The molecule has 7 heteroatoms. The van der Waals surface area contributed by atoms with E-state index >= 15 is 0 Å². The molecular formula is C19H34FNO5. The van der Waals surface area contributed by atoms with Gasteiger partial charge < -0.3 is 19.9 Å². The number of carbonyl (C=O) groups excluding carboxylic acids is 2. The van der Waals surface area contributed by atoms with Crippen LogP contribution in [0.4, 0.5) is 9.18 Å². The van der Waals surface area contributed by atoms with Crippen molar-refractivity contribution in [2.24, 2.45) is 11.8 Å². The first-order chi connectivity index (χ1) is 11.9. The van der Waals surface area contributed by atoms with Gasteiger partial charge in [-0.2, -0.15) is 0 Å². The zero-order valence-electron chi connectivity index (χ0n) is 17.0. The Labute approximate surface area is 156 Å². The van der Waals surface area contributed by atoms with Crippen molar-refractivity contribution in [1.82, 2.24) is 5.32 Å². The summed E-state index contributed by atoms with van der Waals surface area (Å²) in [5, 5.41) is 13.0. The highest BCUT2D eigenvalue weighted by molar-refractivity contribution is 5.74. The van der Waals surface area contributed by atoms with E-state index in [0.717, 1.165) is 6.08 Å². The Balaban J connectivity index is 4.93. The normalized spacial score (nSPS) is 16.0. The fourth-order valence-electron chi connectivity index (χ4n) is 2.30. The Morgan fingerprint density at radius 1 is 1.23 bits per heavy atom. The van der Waals surface area contributed by atoms with Crippen molar-refractivity contribution in [2.75, 3.05) is 6.61 Å². The lowest BCUT2D eigenvalue weighted by molar-refractivity contribution is -0.145. The zero-order valence-corrected chi connectivity index (χ0v) is 17.0. The third kappa shape index (κ3) is 11.1. The summed E-state index contributed by atoms with van der Waals surface area (Å²) in [6, 6.07) is -0.665. The third-order valence-corrected chi connectivity index (χ3v) is 3.39. The highest BCUT2D eigenvalue weighted by Gasteiger charge is 2.26. The number of rotatable bonds is 9. The van der Waals surface area contributed by atoms with Crippen LogP contribution in [0.25, 0.3) is 0 Å². The van der Waals surface area contributed by atoms with E-state index in [1.807, 2.05) is 13.8 Å². The molecule has 0 bridgehead atoms. The highest BCUT2D eigenvalue weighted by Crippen LogP contribution is 2.18. The molecule has 0 saturated carbocycles. The first-order valence-electron chi connectivity index (χ1n) is 9.06. The fourth-order valence-corrected chi connectivity index (χ4v) is 2.30. The predicted molar refractivity (Wildman–Crippen MR) is 98.2 cm³/mol. The number of alkyl carbamates (subject to hydrolysis) is 1. The van der Waals surface area contributed by atoms with Gasteiger partial charge in [0.05, 0.1) is 30.5 Å². The number of aliphatic hydroxyl groups excluding tert-OH is 1. The molecule has 0 aromatic rings. The second-order valence-electron chi connectivity index (χ2n) is 7.81. The van der Waals surface area contributed by atoms with E-state index in [2.05, 4.69) is 5.32 Å². The third-order valence-electron chi connectivity index (χ3n) is 3.39. The van der Waals surface area contributed by atoms with E-state index in [9.17, 15) is 19.1 Å². The average Bonchev–Trinajstić information content (AvgIpc) is 2.43. The van der Waals surface area contributed by atoms with Crippen molar-refractivity contribution < 1.29 is 28.6 Å².